The minimum atomic E-state index is -4.51. The number of amides is 1. The first-order chi connectivity index (χ1) is 11.8. The molecular formula is C18H19F3N2O2. The molecular weight excluding hydrogens is 333 g/mol. The number of ether oxygens (including phenoxy) is 1. The molecule has 7 heteroatoms. The first-order valence-corrected chi connectivity index (χ1v) is 7.79. The van der Waals surface area contributed by atoms with Crippen LogP contribution in [0.1, 0.15) is 34.8 Å². The highest BCUT2D eigenvalue weighted by molar-refractivity contribution is 6.05. The van der Waals surface area contributed by atoms with Crippen molar-refractivity contribution in [3.05, 3.63) is 59.2 Å². The lowest BCUT2D eigenvalue weighted by Gasteiger charge is -2.15. The Labute approximate surface area is 143 Å². The minimum absolute atomic E-state index is 0.0174. The molecule has 0 aromatic heterocycles. The summed E-state index contributed by atoms with van der Waals surface area (Å²) in [6, 6.07) is 9.53. The van der Waals surface area contributed by atoms with Crippen molar-refractivity contribution < 1.29 is 22.7 Å². The van der Waals surface area contributed by atoms with E-state index in [1.807, 2.05) is 6.92 Å². The van der Waals surface area contributed by atoms with Crippen molar-refractivity contribution in [1.82, 2.24) is 0 Å². The summed E-state index contributed by atoms with van der Waals surface area (Å²) in [4.78, 5) is 12.3. The maximum atomic E-state index is 12.9. The molecule has 25 heavy (non-hydrogen) atoms. The molecule has 0 saturated carbocycles. The first kappa shape index (κ1) is 18.8. The number of rotatable bonds is 6. The molecule has 0 fully saturated rings. The van der Waals surface area contributed by atoms with Crippen molar-refractivity contribution in [3.63, 3.8) is 0 Å². The van der Waals surface area contributed by atoms with Crippen LogP contribution in [-0.4, -0.2) is 12.5 Å². The molecule has 0 atom stereocenters. The monoisotopic (exact) mass is 352 g/mol. The molecule has 1 amide bonds. The van der Waals surface area contributed by atoms with Gasteiger partial charge in [0.2, 0.25) is 0 Å². The Balaban J connectivity index is 2.28. The van der Waals surface area contributed by atoms with Gasteiger partial charge in [0.1, 0.15) is 5.75 Å². The van der Waals surface area contributed by atoms with E-state index in [9.17, 15) is 18.0 Å². The highest BCUT2D eigenvalue weighted by Gasteiger charge is 2.31. The van der Waals surface area contributed by atoms with E-state index in [0.29, 0.717) is 25.1 Å². The molecule has 0 heterocycles. The standard InChI is InChI=1S/C18H19F3N2O2/c1-2-9-25-16-8-7-14(18(19,20)21)10-15(16)23-17(24)13-5-3-12(11-22)4-6-13/h3-8,10H,2,9,11,22H2,1H3,(H,23,24). The molecule has 0 bridgehead atoms. The van der Waals surface area contributed by atoms with Crippen LogP contribution >= 0.6 is 0 Å². The van der Waals surface area contributed by atoms with Crippen LogP contribution in [0.15, 0.2) is 42.5 Å². The van der Waals surface area contributed by atoms with Crippen molar-refractivity contribution in [2.75, 3.05) is 11.9 Å². The minimum Gasteiger partial charge on any atom is -0.491 e. The number of nitrogens with two attached hydrogens (primary N) is 1. The highest BCUT2D eigenvalue weighted by atomic mass is 19.4. The zero-order valence-electron chi connectivity index (χ0n) is 13.7. The SMILES string of the molecule is CCCOc1ccc(C(F)(F)F)cc1NC(=O)c1ccc(CN)cc1. The van der Waals surface area contributed by atoms with Crippen molar-refractivity contribution in [3.8, 4) is 5.75 Å². The normalized spacial score (nSPS) is 11.2. The molecule has 134 valence electrons. The van der Waals surface area contributed by atoms with Crippen LogP contribution in [-0.2, 0) is 12.7 Å². The highest BCUT2D eigenvalue weighted by Crippen LogP contribution is 2.35. The molecule has 4 nitrogen and oxygen atoms in total. The number of carbonyl (C=O) groups excluding carboxylic acids is 1. The van der Waals surface area contributed by atoms with Gasteiger partial charge in [-0.3, -0.25) is 4.79 Å². The predicted octanol–water partition coefficient (Wildman–Crippen LogP) is 4.21. The van der Waals surface area contributed by atoms with Crippen molar-refractivity contribution >= 4 is 11.6 Å². The molecule has 0 saturated heterocycles. The molecule has 2 aromatic carbocycles. The fourth-order valence-corrected chi connectivity index (χ4v) is 2.13. The number of carbonyl (C=O) groups is 1. The third kappa shape index (κ3) is 4.96. The molecule has 0 aliphatic heterocycles. The van der Waals surface area contributed by atoms with Crippen LogP contribution in [0.4, 0.5) is 18.9 Å². The number of halogens is 3. The smallest absolute Gasteiger partial charge is 0.416 e. The summed E-state index contributed by atoms with van der Waals surface area (Å²) in [5, 5.41) is 2.49. The zero-order valence-corrected chi connectivity index (χ0v) is 13.7. The van der Waals surface area contributed by atoms with Crippen LogP contribution in [0, 0.1) is 0 Å². The lowest BCUT2D eigenvalue weighted by Crippen LogP contribution is -2.15. The predicted molar refractivity (Wildman–Crippen MR) is 89.5 cm³/mol. The zero-order chi connectivity index (χ0) is 18.4. The van der Waals surface area contributed by atoms with Crippen molar-refractivity contribution in [2.24, 2.45) is 5.73 Å². The average Bonchev–Trinajstić information content (AvgIpc) is 2.59. The summed E-state index contributed by atoms with van der Waals surface area (Å²) < 4.78 is 44.2. The van der Waals surface area contributed by atoms with E-state index in [2.05, 4.69) is 5.32 Å². The van der Waals surface area contributed by atoms with Crippen molar-refractivity contribution in [2.45, 2.75) is 26.1 Å². The van der Waals surface area contributed by atoms with Crippen LogP contribution in [0.2, 0.25) is 0 Å². The maximum Gasteiger partial charge on any atom is 0.416 e. The molecule has 0 aliphatic rings. The number of benzene rings is 2. The molecule has 0 spiro atoms. The average molecular weight is 352 g/mol. The fourth-order valence-electron chi connectivity index (χ4n) is 2.13. The molecule has 2 rings (SSSR count). The number of alkyl halides is 3. The van der Waals surface area contributed by atoms with E-state index in [-0.39, 0.29) is 11.4 Å². The number of nitrogens with one attached hydrogen (secondary N) is 1. The van der Waals surface area contributed by atoms with E-state index < -0.39 is 17.6 Å². The Morgan fingerprint density at radius 3 is 2.40 bits per heavy atom. The maximum absolute atomic E-state index is 12.9. The molecule has 2 aromatic rings. The molecule has 0 unspecified atom stereocenters. The summed E-state index contributed by atoms with van der Waals surface area (Å²) in [5.74, 6) is -0.328. The quantitative estimate of drug-likeness (QED) is 0.819. The Kier molecular flexibility index (Phi) is 6.03. The summed E-state index contributed by atoms with van der Waals surface area (Å²) in [5.41, 5.74) is 5.79. The van der Waals surface area contributed by atoms with Crippen LogP contribution in [0.3, 0.4) is 0 Å². The van der Waals surface area contributed by atoms with E-state index in [0.717, 1.165) is 17.7 Å². The lowest BCUT2D eigenvalue weighted by molar-refractivity contribution is -0.137. The largest absolute Gasteiger partial charge is 0.491 e. The summed E-state index contributed by atoms with van der Waals surface area (Å²) in [6.45, 7) is 2.55. The van der Waals surface area contributed by atoms with Gasteiger partial charge in [-0.1, -0.05) is 19.1 Å². The number of hydrogen-bond acceptors (Lipinski definition) is 3. The van der Waals surface area contributed by atoms with Gasteiger partial charge in [0.25, 0.3) is 5.91 Å². The Morgan fingerprint density at radius 1 is 1.16 bits per heavy atom. The van der Waals surface area contributed by atoms with E-state index in [4.69, 9.17) is 10.5 Å². The van der Waals surface area contributed by atoms with Gasteiger partial charge in [-0.05, 0) is 42.3 Å². The van der Waals surface area contributed by atoms with E-state index in [1.165, 1.54) is 6.07 Å². The van der Waals surface area contributed by atoms with Gasteiger partial charge in [0.05, 0.1) is 17.9 Å². The number of anilines is 1. The first-order valence-electron chi connectivity index (χ1n) is 7.79. The molecule has 3 N–H and O–H groups in total. The third-order valence-corrected chi connectivity index (χ3v) is 3.47. The second-order valence-electron chi connectivity index (χ2n) is 5.41. The molecule has 0 radical (unpaired) electrons. The Bertz CT molecular complexity index is 728. The second kappa shape index (κ2) is 8.02. The summed E-state index contributed by atoms with van der Waals surface area (Å²) >= 11 is 0. The van der Waals surface area contributed by atoms with Gasteiger partial charge < -0.3 is 15.8 Å². The third-order valence-electron chi connectivity index (χ3n) is 3.47. The molecule has 0 aliphatic carbocycles. The van der Waals surface area contributed by atoms with Crippen molar-refractivity contribution in [1.29, 1.82) is 0 Å². The van der Waals surface area contributed by atoms with Crippen LogP contribution in [0.5, 0.6) is 5.75 Å². The van der Waals surface area contributed by atoms with Gasteiger partial charge in [0, 0.05) is 12.1 Å². The van der Waals surface area contributed by atoms with Crippen LogP contribution < -0.4 is 15.8 Å². The topological polar surface area (TPSA) is 64.3 Å². The van der Waals surface area contributed by atoms with E-state index in [1.54, 1.807) is 24.3 Å². The van der Waals surface area contributed by atoms with Gasteiger partial charge in [-0.15, -0.1) is 0 Å². The summed E-state index contributed by atoms with van der Waals surface area (Å²) in [6.07, 6.45) is -3.82. The van der Waals surface area contributed by atoms with E-state index >= 15 is 0 Å². The van der Waals surface area contributed by atoms with Gasteiger partial charge in [-0.2, -0.15) is 13.2 Å². The lowest BCUT2D eigenvalue weighted by atomic mass is 10.1. The van der Waals surface area contributed by atoms with Gasteiger partial charge in [0.15, 0.2) is 0 Å². The fraction of sp³-hybridized carbons (Fsp3) is 0.278. The second-order valence-corrected chi connectivity index (χ2v) is 5.41. The van der Waals surface area contributed by atoms with Crippen LogP contribution in [0.25, 0.3) is 0 Å². The van der Waals surface area contributed by atoms with Gasteiger partial charge >= 0.3 is 6.18 Å². The van der Waals surface area contributed by atoms with Gasteiger partial charge in [-0.25, -0.2) is 0 Å². The Hall–Kier alpha value is -2.54. The Morgan fingerprint density at radius 2 is 1.84 bits per heavy atom. The summed E-state index contributed by atoms with van der Waals surface area (Å²) in [7, 11) is 0. The number of hydrogen-bond donors (Lipinski definition) is 2.